The molecule has 136 valence electrons. The number of halogens is 3. The highest BCUT2D eigenvalue weighted by Crippen LogP contribution is 2.50. The van der Waals surface area contributed by atoms with Crippen molar-refractivity contribution in [2.75, 3.05) is 5.75 Å². The number of alkyl halides is 2. The average Bonchev–Trinajstić information content (AvgIpc) is 2.57. The van der Waals surface area contributed by atoms with Crippen molar-refractivity contribution in [2.24, 2.45) is 0 Å². The van der Waals surface area contributed by atoms with E-state index in [1.54, 1.807) is 42.4 Å². The van der Waals surface area contributed by atoms with Gasteiger partial charge in [-0.3, -0.25) is 0 Å². The van der Waals surface area contributed by atoms with Gasteiger partial charge in [-0.15, -0.1) is 0 Å². The standard InChI is InChI=1S/C15H16BrF2N2O3PS/c16-12-10-11(5-6-13(12)23-24(21,22)14(17)18)4-1-2-9-25-15-19-7-3-8-20-15/h3,5-8,10,14H,1-2,4,9H2,(H,21,22). The molecular formula is C15H16BrF2N2O3PS. The second-order valence-electron chi connectivity index (χ2n) is 5.03. The zero-order valence-corrected chi connectivity index (χ0v) is 16.3. The summed E-state index contributed by atoms with van der Waals surface area (Å²) in [4.78, 5) is 17.3. The SMILES string of the molecule is O=P(O)(Oc1ccc(CCCCSc2ncccn2)cc1Br)C(F)F. The molecule has 1 aromatic carbocycles. The van der Waals surface area contributed by atoms with E-state index in [0.29, 0.717) is 4.47 Å². The number of hydrogen-bond donors (Lipinski definition) is 1. The average molecular weight is 453 g/mol. The van der Waals surface area contributed by atoms with Gasteiger partial charge < -0.3 is 9.42 Å². The van der Waals surface area contributed by atoms with Crippen molar-refractivity contribution in [3.63, 3.8) is 0 Å². The minimum absolute atomic E-state index is 0.0772. The largest absolute Gasteiger partial charge is 0.442 e. The van der Waals surface area contributed by atoms with Gasteiger partial charge in [0.25, 0.3) is 0 Å². The van der Waals surface area contributed by atoms with Crippen LogP contribution in [0.25, 0.3) is 0 Å². The monoisotopic (exact) mass is 452 g/mol. The fourth-order valence-corrected chi connectivity index (χ4v) is 3.86. The van der Waals surface area contributed by atoms with E-state index in [2.05, 4.69) is 30.4 Å². The number of nitrogens with zero attached hydrogens (tertiary/aromatic N) is 2. The summed E-state index contributed by atoms with van der Waals surface area (Å²) in [7, 11) is -4.97. The van der Waals surface area contributed by atoms with E-state index in [1.165, 1.54) is 6.07 Å². The summed E-state index contributed by atoms with van der Waals surface area (Å²) >= 11 is 4.77. The normalized spacial score (nSPS) is 13.6. The third kappa shape index (κ3) is 6.66. The molecule has 0 radical (unpaired) electrons. The summed E-state index contributed by atoms with van der Waals surface area (Å²) in [5, 5.41) is 0.749. The Kier molecular flexibility index (Phi) is 7.81. The Hall–Kier alpha value is -1.02. The number of unbranched alkanes of at least 4 members (excludes halogenated alkanes) is 1. The zero-order chi connectivity index (χ0) is 18.3. The van der Waals surface area contributed by atoms with Crippen LogP contribution in [0, 0.1) is 0 Å². The van der Waals surface area contributed by atoms with Gasteiger partial charge in [-0.25, -0.2) is 14.5 Å². The topological polar surface area (TPSA) is 72.3 Å². The summed E-state index contributed by atoms with van der Waals surface area (Å²) in [5.74, 6) is 0.820. The first kappa shape index (κ1) is 20.3. The first-order valence-electron chi connectivity index (χ1n) is 7.37. The second kappa shape index (κ2) is 9.62. The highest BCUT2D eigenvalue weighted by molar-refractivity contribution is 9.10. The third-order valence-electron chi connectivity index (χ3n) is 3.11. The van der Waals surface area contributed by atoms with Crippen molar-refractivity contribution < 1.29 is 22.8 Å². The molecule has 5 nitrogen and oxygen atoms in total. The first-order chi connectivity index (χ1) is 11.9. The van der Waals surface area contributed by atoms with Crippen LogP contribution in [0.4, 0.5) is 8.78 Å². The Morgan fingerprint density at radius 1 is 1.28 bits per heavy atom. The molecule has 1 aromatic heterocycles. The van der Waals surface area contributed by atoms with Gasteiger partial charge in [-0.05, 0) is 59.0 Å². The molecule has 2 rings (SSSR count). The molecule has 0 aliphatic heterocycles. The van der Waals surface area contributed by atoms with Crippen molar-refractivity contribution in [1.82, 2.24) is 9.97 Å². The lowest BCUT2D eigenvalue weighted by Crippen LogP contribution is -2.01. The van der Waals surface area contributed by atoms with Crippen LogP contribution in [-0.4, -0.2) is 26.8 Å². The van der Waals surface area contributed by atoms with E-state index in [1.807, 2.05) is 0 Å². The van der Waals surface area contributed by atoms with Gasteiger partial charge in [-0.1, -0.05) is 17.8 Å². The lowest BCUT2D eigenvalue weighted by molar-refractivity contribution is 0.188. The van der Waals surface area contributed by atoms with Crippen LogP contribution >= 0.6 is 35.3 Å². The molecule has 0 aliphatic rings. The molecule has 0 saturated carbocycles. The summed E-state index contributed by atoms with van der Waals surface area (Å²) in [5.41, 5.74) is 0.977. The summed E-state index contributed by atoms with van der Waals surface area (Å²) in [6, 6.07) is 6.58. The molecule has 0 aliphatic carbocycles. The molecular weight excluding hydrogens is 437 g/mol. The molecule has 0 spiro atoms. The van der Waals surface area contributed by atoms with Crippen molar-refractivity contribution in [1.29, 1.82) is 0 Å². The number of rotatable bonds is 9. The Labute approximate surface area is 156 Å². The van der Waals surface area contributed by atoms with Gasteiger partial charge in [0.1, 0.15) is 5.75 Å². The molecule has 1 unspecified atom stereocenters. The molecule has 1 heterocycles. The van der Waals surface area contributed by atoms with E-state index >= 15 is 0 Å². The predicted molar refractivity (Wildman–Crippen MR) is 96.3 cm³/mol. The molecule has 0 fully saturated rings. The van der Waals surface area contributed by atoms with Crippen LogP contribution in [0.2, 0.25) is 0 Å². The fraction of sp³-hybridized carbons (Fsp3) is 0.333. The molecule has 0 saturated heterocycles. The van der Waals surface area contributed by atoms with Gasteiger partial charge in [0.2, 0.25) is 0 Å². The summed E-state index contributed by atoms with van der Waals surface area (Å²) in [6.45, 7) is 0. The maximum absolute atomic E-state index is 12.4. The van der Waals surface area contributed by atoms with Gasteiger partial charge in [0.15, 0.2) is 5.16 Å². The van der Waals surface area contributed by atoms with E-state index in [9.17, 15) is 13.3 Å². The van der Waals surface area contributed by atoms with Crippen LogP contribution in [-0.2, 0) is 11.0 Å². The lowest BCUT2D eigenvalue weighted by Gasteiger charge is -2.14. The van der Waals surface area contributed by atoms with Gasteiger partial charge in [0, 0.05) is 18.1 Å². The highest BCUT2D eigenvalue weighted by Gasteiger charge is 2.34. The molecule has 1 atom stereocenters. The minimum atomic E-state index is -4.97. The first-order valence-corrected chi connectivity index (χ1v) is 10.8. The lowest BCUT2D eigenvalue weighted by atomic mass is 10.1. The molecule has 0 bridgehead atoms. The Balaban J connectivity index is 1.79. The van der Waals surface area contributed by atoms with E-state index < -0.39 is 13.8 Å². The van der Waals surface area contributed by atoms with E-state index in [0.717, 1.165) is 35.7 Å². The Morgan fingerprint density at radius 2 is 2.00 bits per heavy atom. The quantitative estimate of drug-likeness (QED) is 0.245. The van der Waals surface area contributed by atoms with Crippen LogP contribution in [0.3, 0.4) is 0 Å². The van der Waals surface area contributed by atoms with Crippen LogP contribution in [0.1, 0.15) is 18.4 Å². The minimum Gasteiger partial charge on any atom is -0.420 e. The number of benzene rings is 1. The van der Waals surface area contributed by atoms with Crippen molar-refractivity contribution in [3.05, 3.63) is 46.7 Å². The smallest absolute Gasteiger partial charge is 0.420 e. The number of aryl methyl sites for hydroxylation is 1. The zero-order valence-electron chi connectivity index (χ0n) is 13.0. The molecule has 1 N–H and O–H groups in total. The van der Waals surface area contributed by atoms with Crippen LogP contribution < -0.4 is 4.52 Å². The second-order valence-corrected chi connectivity index (χ2v) is 8.65. The molecule has 10 heteroatoms. The predicted octanol–water partition coefficient (Wildman–Crippen LogP) is 5.14. The summed E-state index contributed by atoms with van der Waals surface area (Å²) < 4.78 is 41.0. The van der Waals surface area contributed by atoms with Crippen molar-refractivity contribution >= 4 is 35.3 Å². The maximum atomic E-state index is 12.4. The third-order valence-corrected chi connectivity index (χ3v) is 5.64. The van der Waals surface area contributed by atoms with Gasteiger partial charge in [0.05, 0.1) is 4.47 Å². The van der Waals surface area contributed by atoms with Gasteiger partial charge in [-0.2, -0.15) is 8.78 Å². The van der Waals surface area contributed by atoms with Crippen LogP contribution in [0.5, 0.6) is 5.75 Å². The number of aromatic nitrogens is 2. The Morgan fingerprint density at radius 3 is 2.64 bits per heavy atom. The van der Waals surface area contributed by atoms with Crippen molar-refractivity contribution in [2.45, 2.75) is 30.6 Å². The van der Waals surface area contributed by atoms with Crippen molar-refractivity contribution in [3.8, 4) is 5.75 Å². The van der Waals surface area contributed by atoms with E-state index in [-0.39, 0.29) is 5.75 Å². The fourth-order valence-electron chi connectivity index (χ4n) is 1.91. The highest BCUT2D eigenvalue weighted by atomic mass is 79.9. The maximum Gasteiger partial charge on any atom is 0.442 e. The number of thioether (sulfide) groups is 1. The Bertz CT molecular complexity index is 740. The number of hydrogen-bond acceptors (Lipinski definition) is 5. The van der Waals surface area contributed by atoms with E-state index in [4.69, 9.17) is 4.89 Å². The summed E-state index contributed by atoms with van der Waals surface area (Å²) in [6.07, 6.45) is 2.66. The van der Waals surface area contributed by atoms with Crippen LogP contribution in [0.15, 0.2) is 46.3 Å². The van der Waals surface area contributed by atoms with Gasteiger partial charge >= 0.3 is 13.8 Å². The molecule has 0 amide bonds. The molecule has 2 aromatic rings. The molecule has 25 heavy (non-hydrogen) atoms.